The molecule has 0 aromatic carbocycles. The summed E-state index contributed by atoms with van der Waals surface area (Å²) in [5.74, 6) is 0.0645. The smallest absolute Gasteiger partial charge is 0.248 e. The van der Waals surface area contributed by atoms with E-state index in [4.69, 9.17) is 9.47 Å². The molecule has 6 heteroatoms. The van der Waals surface area contributed by atoms with Gasteiger partial charge in [-0.3, -0.25) is 14.7 Å². The zero-order valence-electron chi connectivity index (χ0n) is 12.5. The maximum absolute atomic E-state index is 12.0. The van der Waals surface area contributed by atoms with Crippen LogP contribution in [0.4, 0.5) is 0 Å². The van der Waals surface area contributed by atoms with Gasteiger partial charge < -0.3 is 14.4 Å². The molecule has 1 fully saturated rings. The summed E-state index contributed by atoms with van der Waals surface area (Å²) in [5.41, 5.74) is 1.26. The number of carbonyl (C=O) groups is 1. The van der Waals surface area contributed by atoms with Crippen LogP contribution in [0, 0.1) is 0 Å². The first-order valence-electron chi connectivity index (χ1n) is 7.25. The lowest BCUT2D eigenvalue weighted by molar-refractivity contribution is -0.138. The summed E-state index contributed by atoms with van der Waals surface area (Å²) in [7, 11) is 1.62. The van der Waals surface area contributed by atoms with Crippen LogP contribution >= 0.6 is 0 Å². The van der Waals surface area contributed by atoms with E-state index in [0.29, 0.717) is 13.2 Å². The standard InChI is InChI=1S/C15H23N3O3/c1-20-10-11-21-13-15(19)18-8-6-17(7-9-18)12-14-2-4-16-5-3-14/h2-5H,6-13H2,1H3. The van der Waals surface area contributed by atoms with Gasteiger partial charge in [0, 0.05) is 52.2 Å². The number of methoxy groups -OCH3 is 1. The normalized spacial score (nSPS) is 16.1. The molecular weight excluding hydrogens is 270 g/mol. The summed E-state index contributed by atoms with van der Waals surface area (Å²) in [5, 5.41) is 0. The Bertz CT molecular complexity index is 419. The first kappa shape index (κ1) is 15.9. The first-order valence-corrected chi connectivity index (χ1v) is 7.25. The number of amides is 1. The number of piperazine rings is 1. The minimum atomic E-state index is 0.0645. The van der Waals surface area contributed by atoms with Crippen molar-refractivity contribution in [2.45, 2.75) is 6.54 Å². The van der Waals surface area contributed by atoms with Crippen molar-refractivity contribution >= 4 is 5.91 Å². The van der Waals surface area contributed by atoms with Crippen LogP contribution in [0.1, 0.15) is 5.56 Å². The van der Waals surface area contributed by atoms with Gasteiger partial charge in [-0.25, -0.2) is 0 Å². The van der Waals surface area contributed by atoms with E-state index < -0.39 is 0 Å². The third kappa shape index (κ3) is 5.41. The van der Waals surface area contributed by atoms with E-state index in [1.807, 2.05) is 29.4 Å². The van der Waals surface area contributed by atoms with Crippen molar-refractivity contribution in [2.24, 2.45) is 0 Å². The average Bonchev–Trinajstić information content (AvgIpc) is 2.53. The molecule has 1 aliphatic rings. The molecule has 0 saturated carbocycles. The van der Waals surface area contributed by atoms with Crippen molar-refractivity contribution in [3.63, 3.8) is 0 Å². The Labute approximate surface area is 125 Å². The Morgan fingerprint density at radius 3 is 2.57 bits per heavy atom. The monoisotopic (exact) mass is 293 g/mol. The molecule has 0 aliphatic carbocycles. The number of nitrogens with zero attached hydrogens (tertiary/aromatic N) is 3. The van der Waals surface area contributed by atoms with Gasteiger partial charge in [0.15, 0.2) is 0 Å². The van der Waals surface area contributed by atoms with Crippen LogP contribution in [-0.2, 0) is 20.8 Å². The van der Waals surface area contributed by atoms with E-state index in [1.165, 1.54) is 5.56 Å². The highest BCUT2D eigenvalue weighted by Crippen LogP contribution is 2.08. The Morgan fingerprint density at radius 2 is 1.90 bits per heavy atom. The maximum Gasteiger partial charge on any atom is 0.248 e. The van der Waals surface area contributed by atoms with Gasteiger partial charge in [-0.15, -0.1) is 0 Å². The number of hydrogen-bond donors (Lipinski definition) is 0. The van der Waals surface area contributed by atoms with E-state index in [9.17, 15) is 4.79 Å². The van der Waals surface area contributed by atoms with Crippen LogP contribution in [0.5, 0.6) is 0 Å². The predicted molar refractivity (Wildman–Crippen MR) is 78.8 cm³/mol. The number of aromatic nitrogens is 1. The summed E-state index contributed by atoms with van der Waals surface area (Å²) in [6.07, 6.45) is 3.62. The molecule has 0 spiro atoms. The number of ether oxygens (including phenoxy) is 2. The fourth-order valence-electron chi connectivity index (χ4n) is 2.29. The zero-order chi connectivity index (χ0) is 14.9. The second kappa shape index (κ2) is 8.71. The van der Waals surface area contributed by atoms with Gasteiger partial charge in [0.25, 0.3) is 0 Å². The second-order valence-corrected chi connectivity index (χ2v) is 5.06. The van der Waals surface area contributed by atoms with Gasteiger partial charge in [-0.05, 0) is 17.7 Å². The molecule has 1 aromatic heterocycles. The Balaban J connectivity index is 1.67. The maximum atomic E-state index is 12.0. The summed E-state index contributed by atoms with van der Waals surface area (Å²) in [6, 6.07) is 4.06. The van der Waals surface area contributed by atoms with Gasteiger partial charge >= 0.3 is 0 Å². The molecule has 1 amide bonds. The Hall–Kier alpha value is -1.50. The van der Waals surface area contributed by atoms with Gasteiger partial charge in [-0.1, -0.05) is 0 Å². The minimum absolute atomic E-state index is 0.0645. The molecule has 2 heterocycles. The lowest BCUT2D eigenvalue weighted by atomic mass is 10.2. The van der Waals surface area contributed by atoms with Crippen molar-refractivity contribution < 1.29 is 14.3 Å². The lowest BCUT2D eigenvalue weighted by Gasteiger charge is -2.34. The van der Waals surface area contributed by atoms with Crippen LogP contribution in [-0.4, -0.2) is 73.8 Å². The molecule has 0 N–H and O–H groups in total. The van der Waals surface area contributed by atoms with Crippen molar-refractivity contribution in [3.8, 4) is 0 Å². The van der Waals surface area contributed by atoms with Gasteiger partial charge in [0.1, 0.15) is 6.61 Å². The molecule has 1 aliphatic heterocycles. The number of pyridine rings is 1. The highest BCUT2D eigenvalue weighted by Gasteiger charge is 2.20. The largest absolute Gasteiger partial charge is 0.382 e. The van der Waals surface area contributed by atoms with Gasteiger partial charge in [-0.2, -0.15) is 0 Å². The lowest BCUT2D eigenvalue weighted by Crippen LogP contribution is -2.49. The molecule has 1 saturated heterocycles. The first-order chi connectivity index (χ1) is 10.3. The van der Waals surface area contributed by atoms with Crippen LogP contribution in [0.3, 0.4) is 0 Å². The molecule has 2 rings (SSSR count). The summed E-state index contributed by atoms with van der Waals surface area (Å²) < 4.78 is 10.2. The number of hydrogen-bond acceptors (Lipinski definition) is 5. The topological polar surface area (TPSA) is 54.9 Å². The van der Waals surface area contributed by atoms with Crippen LogP contribution in [0.2, 0.25) is 0 Å². The number of rotatable bonds is 7. The molecular formula is C15H23N3O3. The highest BCUT2D eigenvalue weighted by atomic mass is 16.5. The number of carbonyl (C=O) groups excluding carboxylic acids is 1. The van der Waals surface area contributed by atoms with Gasteiger partial charge in [0.05, 0.1) is 13.2 Å². The molecule has 21 heavy (non-hydrogen) atoms. The van der Waals surface area contributed by atoms with Crippen LogP contribution in [0.15, 0.2) is 24.5 Å². The minimum Gasteiger partial charge on any atom is -0.382 e. The average molecular weight is 293 g/mol. The van der Waals surface area contributed by atoms with Crippen LogP contribution in [0.25, 0.3) is 0 Å². The Kier molecular flexibility index (Phi) is 6.59. The molecule has 0 unspecified atom stereocenters. The van der Waals surface area contributed by atoms with Crippen molar-refractivity contribution in [1.29, 1.82) is 0 Å². The van der Waals surface area contributed by atoms with Crippen molar-refractivity contribution in [1.82, 2.24) is 14.8 Å². The molecule has 1 aromatic rings. The molecule has 0 radical (unpaired) electrons. The third-order valence-corrected chi connectivity index (χ3v) is 3.54. The predicted octanol–water partition coefficient (Wildman–Crippen LogP) is 0.389. The fourth-order valence-corrected chi connectivity index (χ4v) is 2.29. The quantitative estimate of drug-likeness (QED) is 0.681. The third-order valence-electron chi connectivity index (χ3n) is 3.54. The molecule has 6 nitrogen and oxygen atoms in total. The Morgan fingerprint density at radius 1 is 1.19 bits per heavy atom. The zero-order valence-corrected chi connectivity index (χ0v) is 12.5. The molecule has 116 valence electrons. The van der Waals surface area contributed by atoms with E-state index in [1.54, 1.807) is 7.11 Å². The summed E-state index contributed by atoms with van der Waals surface area (Å²) in [6.45, 7) is 5.35. The van der Waals surface area contributed by atoms with Crippen molar-refractivity contribution in [3.05, 3.63) is 30.1 Å². The van der Waals surface area contributed by atoms with E-state index in [2.05, 4.69) is 9.88 Å². The van der Waals surface area contributed by atoms with E-state index in [0.717, 1.165) is 32.7 Å². The fraction of sp³-hybridized carbons (Fsp3) is 0.600. The summed E-state index contributed by atoms with van der Waals surface area (Å²) in [4.78, 5) is 20.2. The van der Waals surface area contributed by atoms with Crippen molar-refractivity contribution in [2.75, 3.05) is 53.1 Å². The molecule has 0 atom stereocenters. The van der Waals surface area contributed by atoms with Crippen LogP contribution < -0.4 is 0 Å². The SMILES string of the molecule is COCCOCC(=O)N1CCN(Cc2ccncc2)CC1. The van der Waals surface area contributed by atoms with Gasteiger partial charge in [0.2, 0.25) is 5.91 Å². The molecule has 0 bridgehead atoms. The second-order valence-electron chi connectivity index (χ2n) is 5.06. The van der Waals surface area contributed by atoms with E-state index >= 15 is 0 Å². The highest BCUT2D eigenvalue weighted by molar-refractivity contribution is 5.77. The summed E-state index contributed by atoms with van der Waals surface area (Å²) >= 11 is 0. The van der Waals surface area contributed by atoms with E-state index in [-0.39, 0.29) is 12.5 Å².